The first-order valence-corrected chi connectivity index (χ1v) is 6.64. The molecule has 2 heterocycles. The standard InChI is InChI=1S/C13H15BrN2O/c1-8-5-11(15)16-13(8)6-9-3-2-4-10(14)12(9)17-7-13/h2-4,8H,5-7H2,1H3,(H2,15,16). The van der Waals surface area contributed by atoms with Crippen LogP contribution in [0.4, 0.5) is 0 Å². The second kappa shape index (κ2) is 3.73. The predicted octanol–water partition coefficient (Wildman–Crippen LogP) is 2.52. The number of nitrogens with two attached hydrogens (primary N) is 1. The number of ether oxygens (including phenoxy) is 1. The van der Waals surface area contributed by atoms with Crippen LogP contribution in [0.25, 0.3) is 0 Å². The molecule has 1 aromatic carbocycles. The van der Waals surface area contributed by atoms with Crippen molar-refractivity contribution in [1.29, 1.82) is 0 Å². The average Bonchev–Trinajstić information content (AvgIpc) is 2.53. The van der Waals surface area contributed by atoms with Gasteiger partial charge >= 0.3 is 0 Å². The predicted molar refractivity (Wildman–Crippen MR) is 71.5 cm³/mol. The number of halogens is 1. The topological polar surface area (TPSA) is 47.6 Å². The van der Waals surface area contributed by atoms with Crippen LogP contribution >= 0.6 is 15.9 Å². The number of para-hydroxylation sites is 1. The molecule has 4 heteroatoms. The Morgan fingerprint density at radius 3 is 3.06 bits per heavy atom. The van der Waals surface area contributed by atoms with E-state index >= 15 is 0 Å². The van der Waals surface area contributed by atoms with Crippen molar-refractivity contribution in [2.24, 2.45) is 16.6 Å². The lowest BCUT2D eigenvalue weighted by atomic mass is 9.80. The molecule has 17 heavy (non-hydrogen) atoms. The smallest absolute Gasteiger partial charge is 0.136 e. The average molecular weight is 295 g/mol. The summed E-state index contributed by atoms with van der Waals surface area (Å²) in [7, 11) is 0. The summed E-state index contributed by atoms with van der Waals surface area (Å²) < 4.78 is 6.92. The minimum Gasteiger partial charge on any atom is -0.490 e. The van der Waals surface area contributed by atoms with E-state index in [2.05, 4.69) is 33.9 Å². The number of nitrogens with zero attached hydrogens (tertiary/aromatic N) is 1. The van der Waals surface area contributed by atoms with Gasteiger partial charge in [-0.05, 0) is 33.5 Å². The third-order valence-electron chi connectivity index (χ3n) is 3.81. The van der Waals surface area contributed by atoms with Crippen LogP contribution in [0.5, 0.6) is 5.75 Å². The molecule has 1 aromatic rings. The largest absolute Gasteiger partial charge is 0.490 e. The van der Waals surface area contributed by atoms with E-state index in [-0.39, 0.29) is 5.54 Å². The molecular weight excluding hydrogens is 280 g/mol. The zero-order valence-corrected chi connectivity index (χ0v) is 11.3. The van der Waals surface area contributed by atoms with Crippen molar-refractivity contribution in [1.82, 2.24) is 0 Å². The zero-order chi connectivity index (χ0) is 12.0. The Balaban J connectivity index is 2.01. The SMILES string of the molecule is CC1CC(N)=NC12COc1c(Br)cccc1C2. The highest BCUT2D eigenvalue weighted by atomic mass is 79.9. The van der Waals surface area contributed by atoms with Crippen molar-refractivity contribution in [3.8, 4) is 5.75 Å². The van der Waals surface area contributed by atoms with Gasteiger partial charge in [0.25, 0.3) is 0 Å². The summed E-state index contributed by atoms with van der Waals surface area (Å²) >= 11 is 3.52. The molecule has 3 nitrogen and oxygen atoms in total. The number of hydrogen-bond acceptors (Lipinski definition) is 3. The second-order valence-electron chi connectivity index (χ2n) is 5.01. The fraction of sp³-hybridized carbons (Fsp3) is 0.462. The minimum atomic E-state index is -0.141. The van der Waals surface area contributed by atoms with E-state index in [1.807, 2.05) is 12.1 Å². The molecule has 2 unspecified atom stereocenters. The van der Waals surface area contributed by atoms with E-state index in [4.69, 9.17) is 10.5 Å². The number of fused-ring (bicyclic) bond motifs is 1. The molecule has 0 aromatic heterocycles. The third-order valence-corrected chi connectivity index (χ3v) is 4.43. The second-order valence-corrected chi connectivity index (χ2v) is 5.86. The summed E-state index contributed by atoms with van der Waals surface area (Å²) in [5, 5.41) is 0. The van der Waals surface area contributed by atoms with Crippen molar-refractivity contribution >= 4 is 21.8 Å². The molecule has 2 aliphatic heterocycles. The van der Waals surface area contributed by atoms with E-state index in [9.17, 15) is 0 Å². The van der Waals surface area contributed by atoms with E-state index in [1.54, 1.807) is 0 Å². The third kappa shape index (κ3) is 1.66. The molecular formula is C13H15BrN2O. The summed E-state index contributed by atoms with van der Waals surface area (Å²) in [6.45, 7) is 2.83. The number of hydrogen-bond donors (Lipinski definition) is 1. The van der Waals surface area contributed by atoms with Gasteiger partial charge in [0, 0.05) is 12.8 Å². The van der Waals surface area contributed by atoms with Crippen LogP contribution in [-0.4, -0.2) is 18.0 Å². The van der Waals surface area contributed by atoms with Gasteiger partial charge in [-0.15, -0.1) is 0 Å². The fourth-order valence-corrected chi connectivity index (χ4v) is 3.29. The van der Waals surface area contributed by atoms with Crippen LogP contribution in [0.3, 0.4) is 0 Å². The summed E-state index contributed by atoms with van der Waals surface area (Å²) in [4.78, 5) is 4.64. The molecule has 90 valence electrons. The van der Waals surface area contributed by atoms with Crippen LogP contribution < -0.4 is 10.5 Å². The summed E-state index contributed by atoms with van der Waals surface area (Å²) in [6, 6.07) is 6.16. The lowest BCUT2D eigenvalue weighted by Gasteiger charge is -2.36. The number of benzene rings is 1. The molecule has 0 bridgehead atoms. The van der Waals surface area contributed by atoms with E-state index in [0.29, 0.717) is 12.5 Å². The first-order chi connectivity index (χ1) is 8.11. The Morgan fingerprint density at radius 1 is 1.53 bits per heavy atom. The van der Waals surface area contributed by atoms with Crippen molar-refractivity contribution in [2.45, 2.75) is 25.3 Å². The van der Waals surface area contributed by atoms with E-state index in [0.717, 1.165) is 28.9 Å². The highest BCUT2D eigenvalue weighted by Gasteiger charge is 2.44. The van der Waals surface area contributed by atoms with Gasteiger partial charge in [0.05, 0.1) is 10.3 Å². The molecule has 0 saturated heterocycles. The molecule has 0 amide bonds. The molecule has 0 aliphatic carbocycles. The molecule has 3 rings (SSSR count). The van der Waals surface area contributed by atoms with Gasteiger partial charge in [-0.1, -0.05) is 19.1 Å². The van der Waals surface area contributed by atoms with Gasteiger partial charge in [-0.25, -0.2) is 0 Å². The molecule has 2 N–H and O–H groups in total. The van der Waals surface area contributed by atoms with Crippen LogP contribution in [0, 0.1) is 5.92 Å². The van der Waals surface area contributed by atoms with Gasteiger partial charge in [0.15, 0.2) is 0 Å². The number of amidine groups is 1. The van der Waals surface area contributed by atoms with Crippen molar-refractivity contribution < 1.29 is 4.74 Å². The van der Waals surface area contributed by atoms with Gasteiger partial charge in [0.2, 0.25) is 0 Å². The van der Waals surface area contributed by atoms with Crippen LogP contribution in [0.2, 0.25) is 0 Å². The van der Waals surface area contributed by atoms with Gasteiger partial charge in [-0.2, -0.15) is 0 Å². The Morgan fingerprint density at radius 2 is 2.35 bits per heavy atom. The van der Waals surface area contributed by atoms with Gasteiger partial charge < -0.3 is 10.5 Å². The molecule has 0 radical (unpaired) electrons. The highest BCUT2D eigenvalue weighted by molar-refractivity contribution is 9.10. The van der Waals surface area contributed by atoms with Crippen molar-refractivity contribution in [3.63, 3.8) is 0 Å². The van der Waals surface area contributed by atoms with E-state index < -0.39 is 0 Å². The fourth-order valence-electron chi connectivity index (χ4n) is 2.77. The monoisotopic (exact) mass is 294 g/mol. The van der Waals surface area contributed by atoms with Crippen LogP contribution in [-0.2, 0) is 6.42 Å². The van der Waals surface area contributed by atoms with Gasteiger partial charge in [0.1, 0.15) is 17.9 Å². The Hall–Kier alpha value is -1.03. The molecule has 2 aliphatic rings. The first kappa shape index (κ1) is 11.1. The Labute approximate surface area is 109 Å². The first-order valence-electron chi connectivity index (χ1n) is 5.85. The maximum absolute atomic E-state index is 5.90. The van der Waals surface area contributed by atoms with E-state index in [1.165, 1.54) is 5.56 Å². The molecule has 2 atom stereocenters. The Bertz CT molecular complexity index is 500. The van der Waals surface area contributed by atoms with Crippen molar-refractivity contribution in [3.05, 3.63) is 28.2 Å². The minimum absolute atomic E-state index is 0.141. The van der Waals surface area contributed by atoms with Crippen LogP contribution in [0.1, 0.15) is 18.9 Å². The summed E-state index contributed by atoms with van der Waals surface area (Å²) in [6.07, 6.45) is 1.80. The quantitative estimate of drug-likeness (QED) is 0.799. The van der Waals surface area contributed by atoms with Crippen LogP contribution in [0.15, 0.2) is 27.7 Å². The molecule has 1 spiro atoms. The summed E-state index contributed by atoms with van der Waals surface area (Å²) in [5.41, 5.74) is 6.94. The molecule has 0 saturated carbocycles. The highest BCUT2D eigenvalue weighted by Crippen LogP contribution is 2.42. The van der Waals surface area contributed by atoms with Gasteiger partial charge in [-0.3, -0.25) is 4.99 Å². The van der Waals surface area contributed by atoms with Crippen molar-refractivity contribution in [2.75, 3.05) is 6.61 Å². The lowest BCUT2D eigenvalue weighted by molar-refractivity contribution is 0.156. The Kier molecular flexibility index (Phi) is 2.43. The number of rotatable bonds is 0. The number of aliphatic imine (C=N–C) groups is 1. The normalized spacial score (nSPS) is 30.9. The molecule has 0 fully saturated rings. The maximum atomic E-state index is 5.90. The lowest BCUT2D eigenvalue weighted by Crippen LogP contribution is -2.43. The summed E-state index contributed by atoms with van der Waals surface area (Å²) in [5.74, 6) is 2.18. The zero-order valence-electron chi connectivity index (χ0n) is 9.74. The maximum Gasteiger partial charge on any atom is 0.136 e.